The highest BCUT2D eigenvalue weighted by molar-refractivity contribution is 5.30. The van der Waals surface area contributed by atoms with E-state index in [1.165, 1.54) is 24.3 Å². The molecule has 0 aromatic heterocycles. The van der Waals surface area contributed by atoms with Crippen molar-refractivity contribution < 1.29 is 20.4 Å². The summed E-state index contributed by atoms with van der Waals surface area (Å²) in [7, 11) is 1.02. The summed E-state index contributed by atoms with van der Waals surface area (Å²) in [6.45, 7) is -6.02. The Morgan fingerprint density at radius 2 is 1.95 bits per heavy atom. The van der Waals surface area contributed by atoms with Crippen LogP contribution < -0.4 is 10.5 Å². The highest BCUT2D eigenvalue weighted by Crippen LogP contribution is 2.38. The summed E-state index contributed by atoms with van der Waals surface area (Å²) in [4.78, 5) is 0. The Kier molecular flexibility index (Phi) is 2.59. The smallest absolute Gasteiger partial charge is 0.119 e. The number of ether oxygens (including phenoxy) is 2. The molecule has 1 aromatic rings. The first kappa shape index (κ1) is 8.54. The SMILES string of the molecule is [2H]C([2H])([2H])C(OC)(C(N)c1ccc(OC([2H])([2H])C2(C)CCCC2)cc1)C([2H])([2H])[2H]. The Morgan fingerprint density at radius 1 is 1.33 bits per heavy atom. The first-order valence-electron chi connectivity index (χ1n) is 11.2. The molecule has 2 rings (SSSR count). The fourth-order valence-corrected chi connectivity index (χ4v) is 2.54. The van der Waals surface area contributed by atoms with Crippen LogP contribution in [0.15, 0.2) is 24.3 Å². The summed E-state index contributed by atoms with van der Waals surface area (Å²) < 4.78 is 73.8. The van der Waals surface area contributed by atoms with Crippen molar-refractivity contribution in [3.8, 4) is 5.75 Å². The van der Waals surface area contributed by atoms with E-state index in [0.29, 0.717) is 0 Å². The van der Waals surface area contributed by atoms with Crippen LogP contribution in [0.2, 0.25) is 0 Å². The molecule has 3 nitrogen and oxygen atoms in total. The van der Waals surface area contributed by atoms with Gasteiger partial charge in [-0.25, -0.2) is 0 Å². The van der Waals surface area contributed by atoms with Crippen LogP contribution in [0.4, 0.5) is 0 Å². The number of benzene rings is 1. The zero-order valence-electron chi connectivity index (χ0n) is 20.6. The molecule has 3 heteroatoms. The second kappa shape index (κ2) is 6.37. The molecular formula is C18H29NO2. The normalized spacial score (nSPS) is 27.0. The van der Waals surface area contributed by atoms with Crippen LogP contribution in [0, 0.1) is 5.41 Å². The van der Waals surface area contributed by atoms with E-state index in [9.17, 15) is 0 Å². The molecule has 0 saturated heterocycles. The maximum atomic E-state index is 8.34. The Bertz CT molecular complexity index is 679. The monoisotopic (exact) mass is 299 g/mol. The number of methoxy groups -OCH3 is 1. The van der Waals surface area contributed by atoms with Crippen LogP contribution in [0.3, 0.4) is 0 Å². The maximum Gasteiger partial charge on any atom is 0.119 e. The summed E-state index contributed by atoms with van der Waals surface area (Å²) in [5.74, 6) is 0.254. The summed E-state index contributed by atoms with van der Waals surface area (Å²) in [5, 5.41) is 0. The van der Waals surface area contributed by atoms with Gasteiger partial charge < -0.3 is 15.2 Å². The van der Waals surface area contributed by atoms with E-state index in [0.717, 1.165) is 32.8 Å². The van der Waals surface area contributed by atoms with Gasteiger partial charge in [0.25, 0.3) is 0 Å². The first-order chi connectivity index (χ1) is 13.1. The van der Waals surface area contributed by atoms with Crippen LogP contribution in [0.5, 0.6) is 5.75 Å². The average molecular weight is 299 g/mol. The van der Waals surface area contributed by atoms with E-state index < -0.39 is 37.3 Å². The minimum atomic E-state index is -3.00. The lowest BCUT2D eigenvalue weighted by Gasteiger charge is -2.30. The lowest BCUT2D eigenvalue weighted by atomic mass is 9.90. The topological polar surface area (TPSA) is 44.5 Å². The molecule has 21 heavy (non-hydrogen) atoms. The summed E-state index contributed by atoms with van der Waals surface area (Å²) in [6.07, 6.45) is 3.37. The minimum absolute atomic E-state index is 0.235. The highest BCUT2D eigenvalue weighted by Gasteiger charge is 2.30. The van der Waals surface area contributed by atoms with Crippen molar-refractivity contribution in [1.29, 1.82) is 0 Å². The third-order valence-corrected chi connectivity index (χ3v) is 4.12. The molecule has 0 heterocycles. The molecule has 2 N–H and O–H groups in total. The van der Waals surface area contributed by atoms with Gasteiger partial charge in [-0.1, -0.05) is 31.9 Å². The molecule has 0 bridgehead atoms. The van der Waals surface area contributed by atoms with Crippen molar-refractivity contribution in [2.45, 2.75) is 58.0 Å². The molecule has 118 valence electrons. The fraction of sp³-hybridized carbons (Fsp3) is 0.667. The Balaban J connectivity index is 2.31. The van der Waals surface area contributed by atoms with Gasteiger partial charge in [0.2, 0.25) is 0 Å². The van der Waals surface area contributed by atoms with Crippen molar-refractivity contribution >= 4 is 0 Å². The second-order valence-electron chi connectivity index (χ2n) is 5.96. The van der Waals surface area contributed by atoms with Crippen LogP contribution >= 0.6 is 0 Å². The molecule has 1 aromatic carbocycles. The van der Waals surface area contributed by atoms with Gasteiger partial charge in [0.15, 0.2) is 0 Å². The van der Waals surface area contributed by atoms with Crippen LogP contribution in [-0.2, 0) is 4.74 Å². The summed E-state index contributed by atoms with van der Waals surface area (Å²) in [5.41, 5.74) is 3.15. The molecule has 0 spiro atoms. The van der Waals surface area contributed by atoms with Gasteiger partial charge in [-0.2, -0.15) is 0 Å². The predicted molar refractivity (Wildman–Crippen MR) is 86.5 cm³/mol. The van der Waals surface area contributed by atoms with Crippen molar-refractivity contribution in [2.75, 3.05) is 13.7 Å². The number of hydrogen-bond acceptors (Lipinski definition) is 3. The van der Waals surface area contributed by atoms with Gasteiger partial charge in [-0.15, -0.1) is 0 Å². The molecule has 0 aliphatic heterocycles. The van der Waals surface area contributed by atoms with E-state index in [1.54, 1.807) is 0 Å². The quantitative estimate of drug-likeness (QED) is 0.861. The van der Waals surface area contributed by atoms with E-state index in [2.05, 4.69) is 0 Å². The lowest BCUT2D eigenvalue weighted by molar-refractivity contribution is -0.0000481. The predicted octanol–water partition coefficient (Wildman–Crippen LogP) is 4.07. The zero-order chi connectivity index (χ0) is 22.3. The number of rotatable bonds is 6. The van der Waals surface area contributed by atoms with Gasteiger partial charge in [0, 0.05) is 20.7 Å². The van der Waals surface area contributed by atoms with Crippen LogP contribution in [-0.4, -0.2) is 19.3 Å². The molecule has 0 radical (unpaired) electrons. The molecule has 0 amide bonds. The van der Waals surface area contributed by atoms with Crippen LogP contribution in [0.1, 0.15) is 68.9 Å². The van der Waals surface area contributed by atoms with E-state index in [4.69, 9.17) is 26.2 Å². The van der Waals surface area contributed by atoms with Gasteiger partial charge in [-0.3, -0.25) is 0 Å². The Morgan fingerprint density at radius 3 is 2.48 bits per heavy atom. The molecule has 1 atom stereocenters. The molecule has 1 saturated carbocycles. The first-order valence-corrected chi connectivity index (χ1v) is 7.21. The van der Waals surface area contributed by atoms with Crippen molar-refractivity contribution in [2.24, 2.45) is 11.1 Å². The van der Waals surface area contributed by atoms with Gasteiger partial charge in [0.1, 0.15) is 5.75 Å². The van der Waals surface area contributed by atoms with E-state index in [-0.39, 0.29) is 11.3 Å². The third kappa shape index (κ3) is 3.98. The van der Waals surface area contributed by atoms with Crippen LogP contribution in [0.25, 0.3) is 0 Å². The molecular weight excluding hydrogens is 262 g/mol. The number of hydrogen-bond donors (Lipinski definition) is 1. The van der Waals surface area contributed by atoms with Gasteiger partial charge in [-0.05, 0) is 44.2 Å². The molecule has 1 aliphatic carbocycles. The Labute approximate surface area is 140 Å². The lowest BCUT2D eigenvalue weighted by Crippen LogP contribution is -2.37. The summed E-state index contributed by atoms with van der Waals surface area (Å²) in [6, 6.07) is 4.34. The standard InChI is InChI=1S/C18H29NO2/c1-17(2,20-4)16(19)14-7-9-15(10-8-14)21-13-18(3)11-5-6-12-18/h7-10,16H,5-6,11-13,19H2,1-4H3/i1D3,2D3,13D2. The second-order valence-corrected chi connectivity index (χ2v) is 5.96. The molecule has 1 unspecified atom stereocenters. The Hall–Kier alpha value is -1.06. The van der Waals surface area contributed by atoms with Crippen molar-refractivity contribution in [3.05, 3.63) is 29.8 Å². The minimum Gasteiger partial charge on any atom is -0.493 e. The number of nitrogens with two attached hydrogens (primary N) is 1. The maximum absolute atomic E-state index is 8.34. The van der Waals surface area contributed by atoms with Crippen molar-refractivity contribution in [1.82, 2.24) is 0 Å². The fourth-order valence-electron chi connectivity index (χ4n) is 2.54. The zero-order valence-corrected chi connectivity index (χ0v) is 12.6. The average Bonchev–Trinajstić information content (AvgIpc) is 3.02. The van der Waals surface area contributed by atoms with E-state index >= 15 is 0 Å². The van der Waals surface area contributed by atoms with E-state index in [1.807, 2.05) is 6.92 Å². The van der Waals surface area contributed by atoms with Crippen molar-refractivity contribution in [3.63, 3.8) is 0 Å². The summed E-state index contributed by atoms with van der Waals surface area (Å²) >= 11 is 0. The third-order valence-electron chi connectivity index (χ3n) is 4.12. The largest absolute Gasteiger partial charge is 0.493 e. The highest BCUT2D eigenvalue weighted by atomic mass is 16.5. The van der Waals surface area contributed by atoms with Gasteiger partial charge >= 0.3 is 0 Å². The van der Waals surface area contributed by atoms with Gasteiger partial charge in [0.05, 0.1) is 20.9 Å². The molecule has 1 fully saturated rings. The molecule has 1 aliphatic rings.